The first kappa shape index (κ1) is 14.9. The Kier molecular flexibility index (Phi) is 6.43. The maximum Gasteiger partial charge on any atom is 0.0980 e. The minimum atomic E-state index is 1.16. The van der Waals surface area contributed by atoms with Crippen molar-refractivity contribution in [1.29, 1.82) is 0 Å². The summed E-state index contributed by atoms with van der Waals surface area (Å²) in [6, 6.07) is 10.9. The third-order valence-electron chi connectivity index (χ3n) is 3.88. The third kappa shape index (κ3) is 4.88. The molecular weight excluding hydrogens is 244 g/mol. The van der Waals surface area contributed by atoms with Crippen molar-refractivity contribution in [3.8, 4) is 11.1 Å². The number of benzene rings is 1. The zero-order valence-electron chi connectivity index (χ0n) is 12.6. The molecule has 0 aliphatic rings. The third-order valence-corrected chi connectivity index (χ3v) is 3.88. The molecule has 0 bridgehead atoms. The summed E-state index contributed by atoms with van der Waals surface area (Å²) in [7, 11) is 0. The summed E-state index contributed by atoms with van der Waals surface area (Å²) in [6.07, 6.45) is 14.4. The Hall–Kier alpha value is -1.50. The van der Waals surface area contributed by atoms with E-state index in [9.17, 15) is 0 Å². The Balaban J connectivity index is 1.67. The van der Waals surface area contributed by atoms with Gasteiger partial charge in [-0.3, -0.25) is 0 Å². The van der Waals surface area contributed by atoms with E-state index in [-0.39, 0.29) is 0 Å². The molecule has 0 unspecified atom stereocenters. The molecule has 0 saturated carbocycles. The van der Waals surface area contributed by atoms with Crippen LogP contribution in [0.3, 0.4) is 0 Å². The summed E-state index contributed by atoms with van der Waals surface area (Å²) in [5.74, 6) is 0. The minimum Gasteiger partial charge on any atom is -0.472 e. The van der Waals surface area contributed by atoms with E-state index in [1.54, 1.807) is 12.5 Å². The van der Waals surface area contributed by atoms with Gasteiger partial charge in [-0.25, -0.2) is 0 Å². The molecule has 2 rings (SSSR count). The molecule has 20 heavy (non-hydrogen) atoms. The SMILES string of the molecule is CCCCCCCCCc1ccc(-c2ccoc2)cc1. The van der Waals surface area contributed by atoms with Crippen molar-refractivity contribution in [3.05, 3.63) is 48.4 Å². The van der Waals surface area contributed by atoms with Crippen LogP contribution >= 0.6 is 0 Å². The van der Waals surface area contributed by atoms with E-state index in [0.29, 0.717) is 0 Å². The zero-order valence-corrected chi connectivity index (χ0v) is 12.6. The fourth-order valence-corrected chi connectivity index (χ4v) is 2.58. The maximum absolute atomic E-state index is 5.12. The Morgan fingerprint density at radius 1 is 0.750 bits per heavy atom. The molecule has 1 nitrogen and oxygen atoms in total. The quantitative estimate of drug-likeness (QED) is 0.491. The minimum absolute atomic E-state index is 1.16. The molecule has 0 aliphatic carbocycles. The smallest absolute Gasteiger partial charge is 0.0980 e. The van der Waals surface area contributed by atoms with E-state index in [0.717, 1.165) is 5.56 Å². The summed E-state index contributed by atoms with van der Waals surface area (Å²) in [5.41, 5.74) is 3.85. The van der Waals surface area contributed by atoms with Crippen molar-refractivity contribution in [2.45, 2.75) is 58.3 Å². The van der Waals surface area contributed by atoms with Crippen molar-refractivity contribution in [1.82, 2.24) is 0 Å². The molecule has 0 fully saturated rings. The predicted octanol–water partition coefficient (Wildman–Crippen LogP) is 6.24. The molecule has 0 amide bonds. The van der Waals surface area contributed by atoms with Crippen LogP contribution in [0.5, 0.6) is 0 Å². The lowest BCUT2D eigenvalue weighted by Gasteiger charge is -2.04. The van der Waals surface area contributed by atoms with Crippen LogP contribution in [0.15, 0.2) is 47.3 Å². The molecule has 0 spiro atoms. The van der Waals surface area contributed by atoms with E-state index in [1.807, 2.05) is 6.07 Å². The van der Waals surface area contributed by atoms with Crippen LogP contribution in [0.4, 0.5) is 0 Å². The van der Waals surface area contributed by atoms with Gasteiger partial charge in [0.1, 0.15) is 0 Å². The number of furan rings is 1. The summed E-state index contributed by atoms with van der Waals surface area (Å²) in [5, 5.41) is 0. The van der Waals surface area contributed by atoms with Gasteiger partial charge in [-0.15, -0.1) is 0 Å². The van der Waals surface area contributed by atoms with Gasteiger partial charge < -0.3 is 4.42 Å². The van der Waals surface area contributed by atoms with E-state index >= 15 is 0 Å². The van der Waals surface area contributed by atoms with Crippen LogP contribution < -0.4 is 0 Å². The summed E-state index contributed by atoms with van der Waals surface area (Å²) in [4.78, 5) is 0. The monoisotopic (exact) mass is 270 g/mol. The van der Waals surface area contributed by atoms with E-state index in [4.69, 9.17) is 4.42 Å². The van der Waals surface area contributed by atoms with Crippen molar-refractivity contribution in [2.24, 2.45) is 0 Å². The summed E-state index contributed by atoms with van der Waals surface area (Å²) in [6.45, 7) is 2.27. The lowest BCUT2D eigenvalue weighted by Crippen LogP contribution is -1.86. The molecule has 1 heterocycles. The van der Waals surface area contributed by atoms with Crippen LogP contribution in [-0.4, -0.2) is 0 Å². The van der Waals surface area contributed by atoms with Gasteiger partial charge in [-0.05, 0) is 30.0 Å². The average molecular weight is 270 g/mol. The van der Waals surface area contributed by atoms with Gasteiger partial charge in [0.05, 0.1) is 12.5 Å². The Morgan fingerprint density at radius 3 is 2.10 bits per heavy atom. The Morgan fingerprint density at radius 2 is 1.45 bits per heavy atom. The van der Waals surface area contributed by atoms with E-state index < -0.39 is 0 Å². The highest BCUT2D eigenvalue weighted by Crippen LogP contribution is 2.20. The molecule has 1 aromatic heterocycles. The number of hydrogen-bond donors (Lipinski definition) is 0. The molecule has 2 aromatic rings. The number of aryl methyl sites for hydroxylation is 1. The Labute approximate surface area is 123 Å². The molecule has 0 saturated heterocycles. The highest BCUT2D eigenvalue weighted by molar-refractivity contribution is 5.62. The van der Waals surface area contributed by atoms with Gasteiger partial charge in [-0.2, -0.15) is 0 Å². The van der Waals surface area contributed by atoms with Gasteiger partial charge in [0.15, 0.2) is 0 Å². The van der Waals surface area contributed by atoms with Crippen molar-refractivity contribution in [2.75, 3.05) is 0 Å². The predicted molar refractivity (Wildman–Crippen MR) is 85.8 cm³/mol. The topological polar surface area (TPSA) is 13.1 Å². The van der Waals surface area contributed by atoms with Crippen molar-refractivity contribution < 1.29 is 4.42 Å². The van der Waals surface area contributed by atoms with Gasteiger partial charge in [-0.1, -0.05) is 69.7 Å². The van der Waals surface area contributed by atoms with Crippen LogP contribution in [-0.2, 0) is 6.42 Å². The highest BCUT2D eigenvalue weighted by atomic mass is 16.3. The van der Waals surface area contributed by atoms with Crippen LogP contribution in [0, 0.1) is 0 Å². The molecule has 0 radical (unpaired) electrons. The molecule has 0 atom stereocenters. The second-order valence-corrected chi connectivity index (χ2v) is 5.58. The normalized spacial score (nSPS) is 10.8. The number of unbranched alkanes of at least 4 members (excludes halogenated alkanes) is 6. The zero-order chi connectivity index (χ0) is 14.0. The van der Waals surface area contributed by atoms with Gasteiger partial charge in [0.25, 0.3) is 0 Å². The van der Waals surface area contributed by atoms with Crippen molar-refractivity contribution in [3.63, 3.8) is 0 Å². The first-order valence-corrected chi connectivity index (χ1v) is 8.01. The molecule has 108 valence electrons. The van der Waals surface area contributed by atoms with Gasteiger partial charge in [0.2, 0.25) is 0 Å². The standard InChI is InChI=1S/C19H26O/c1-2-3-4-5-6-7-8-9-17-10-12-18(13-11-17)19-14-15-20-16-19/h10-16H,2-9H2,1H3. The van der Waals surface area contributed by atoms with Gasteiger partial charge in [0, 0.05) is 5.56 Å². The molecule has 0 aliphatic heterocycles. The Bertz CT molecular complexity index is 453. The van der Waals surface area contributed by atoms with Crippen LogP contribution in [0.1, 0.15) is 57.4 Å². The summed E-state index contributed by atoms with van der Waals surface area (Å²) >= 11 is 0. The van der Waals surface area contributed by atoms with E-state index in [2.05, 4.69) is 31.2 Å². The second-order valence-electron chi connectivity index (χ2n) is 5.58. The average Bonchev–Trinajstić information content (AvgIpc) is 3.01. The van der Waals surface area contributed by atoms with Crippen LogP contribution in [0.2, 0.25) is 0 Å². The van der Waals surface area contributed by atoms with Crippen LogP contribution in [0.25, 0.3) is 11.1 Å². The molecule has 1 heteroatoms. The van der Waals surface area contributed by atoms with E-state index in [1.165, 1.54) is 62.5 Å². The number of hydrogen-bond acceptors (Lipinski definition) is 1. The maximum atomic E-state index is 5.12. The fourth-order valence-electron chi connectivity index (χ4n) is 2.58. The largest absolute Gasteiger partial charge is 0.472 e. The summed E-state index contributed by atoms with van der Waals surface area (Å²) < 4.78 is 5.12. The van der Waals surface area contributed by atoms with Gasteiger partial charge >= 0.3 is 0 Å². The second kappa shape index (κ2) is 8.63. The number of rotatable bonds is 9. The molecular formula is C19H26O. The fraction of sp³-hybridized carbons (Fsp3) is 0.474. The first-order chi connectivity index (χ1) is 9.90. The first-order valence-electron chi connectivity index (χ1n) is 8.01. The molecule has 1 aromatic carbocycles. The highest BCUT2D eigenvalue weighted by Gasteiger charge is 1.99. The lowest BCUT2D eigenvalue weighted by molar-refractivity contribution is 0.568. The molecule has 0 N–H and O–H groups in total. The lowest BCUT2D eigenvalue weighted by atomic mass is 10.0. The van der Waals surface area contributed by atoms with Crippen molar-refractivity contribution >= 4 is 0 Å².